The van der Waals surface area contributed by atoms with E-state index < -0.39 is 0 Å². The highest BCUT2D eigenvalue weighted by Crippen LogP contribution is 2.44. The minimum atomic E-state index is 0.163. The summed E-state index contributed by atoms with van der Waals surface area (Å²) in [6, 6.07) is 8.20. The number of phenolic OH excluding ortho intramolecular Hbond substituents is 1. The van der Waals surface area contributed by atoms with Crippen LogP contribution in [-0.4, -0.2) is 27.7 Å². The SMILES string of the molecule is CCN(C(=S)N[C@H]1C[C@H]2CC[C@H]1C2)[C@H](C)c1cccc(O)c1. The van der Waals surface area contributed by atoms with Crippen molar-refractivity contribution in [3.63, 3.8) is 0 Å². The number of aromatic hydroxyl groups is 1. The molecule has 2 saturated carbocycles. The highest BCUT2D eigenvalue weighted by molar-refractivity contribution is 7.80. The summed E-state index contributed by atoms with van der Waals surface area (Å²) in [5.74, 6) is 2.05. The van der Waals surface area contributed by atoms with Crippen LogP contribution in [0.15, 0.2) is 24.3 Å². The number of phenols is 1. The second-order valence-electron chi connectivity index (χ2n) is 6.79. The van der Waals surface area contributed by atoms with Gasteiger partial charge >= 0.3 is 0 Å². The maximum atomic E-state index is 9.69. The first-order valence-corrected chi connectivity index (χ1v) is 8.85. The summed E-state index contributed by atoms with van der Waals surface area (Å²) >= 11 is 5.69. The standard InChI is InChI=1S/C18H26N2OS/c1-3-20(12(2)14-5-4-6-16(21)11-14)18(22)19-17-10-13-7-8-15(17)9-13/h4-6,11-13,15,17,21H,3,7-10H2,1-2H3,(H,19,22)/t12-,13+,15+,17+/m1/s1. The molecule has 2 N–H and O–H groups in total. The van der Waals surface area contributed by atoms with E-state index in [0.29, 0.717) is 11.8 Å². The molecule has 0 aromatic heterocycles. The smallest absolute Gasteiger partial charge is 0.169 e. The van der Waals surface area contributed by atoms with Gasteiger partial charge in [0.25, 0.3) is 0 Å². The van der Waals surface area contributed by atoms with E-state index in [2.05, 4.69) is 24.1 Å². The molecule has 0 saturated heterocycles. The summed E-state index contributed by atoms with van der Waals surface area (Å²) < 4.78 is 0. The fraction of sp³-hybridized carbons (Fsp3) is 0.611. The van der Waals surface area contributed by atoms with Gasteiger partial charge < -0.3 is 15.3 Å². The minimum Gasteiger partial charge on any atom is -0.508 e. The number of hydrogen-bond donors (Lipinski definition) is 2. The lowest BCUT2D eigenvalue weighted by molar-refractivity contribution is 0.323. The van der Waals surface area contributed by atoms with E-state index in [1.54, 1.807) is 6.07 Å². The Bertz CT molecular complexity index is 548. The van der Waals surface area contributed by atoms with Crippen molar-refractivity contribution in [2.24, 2.45) is 11.8 Å². The molecule has 0 aliphatic heterocycles. The van der Waals surface area contributed by atoms with Crippen LogP contribution in [0.2, 0.25) is 0 Å². The second kappa shape index (κ2) is 6.45. The molecule has 2 aliphatic rings. The van der Waals surface area contributed by atoms with Gasteiger partial charge in [-0.25, -0.2) is 0 Å². The van der Waals surface area contributed by atoms with Crippen LogP contribution in [0.5, 0.6) is 5.75 Å². The van der Waals surface area contributed by atoms with Gasteiger partial charge in [0.2, 0.25) is 0 Å². The molecular weight excluding hydrogens is 292 g/mol. The average molecular weight is 318 g/mol. The summed E-state index contributed by atoms with van der Waals surface area (Å²) in [7, 11) is 0. The van der Waals surface area contributed by atoms with E-state index >= 15 is 0 Å². The fourth-order valence-corrected chi connectivity index (χ4v) is 4.66. The summed E-state index contributed by atoms with van der Waals surface area (Å²) in [4.78, 5) is 2.22. The monoisotopic (exact) mass is 318 g/mol. The third-order valence-corrected chi connectivity index (χ3v) is 5.82. The molecule has 4 atom stereocenters. The minimum absolute atomic E-state index is 0.163. The average Bonchev–Trinajstić information content (AvgIpc) is 3.10. The molecule has 22 heavy (non-hydrogen) atoms. The Morgan fingerprint density at radius 1 is 1.41 bits per heavy atom. The third kappa shape index (κ3) is 3.07. The van der Waals surface area contributed by atoms with E-state index in [1.165, 1.54) is 25.7 Å². The van der Waals surface area contributed by atoms with Crippen molar-refractivity contribution in [2.45, 2.75) is 51.6 Å². The van der Waals surface area contributed by atoms with Gasteiger partial charge in [0, 0.05) is 12.6 Å². The Balaban J connectivity index is 1.66. The Morgan fingerprint density at radius 3 is 2.82 bits per heavy atom. The molecule has 0 spiro atoms. The van der Waals surface area contributed by atoms with Gasteiger partial charge in [0.1, 0.15) is 5.75 Å². The lowest BCUT2D eigenvalue weighted by atomic mass is 9.95. The van der Waals surface area contributed by atoms with Crippen molar-refractivity contribution >= 4 is 17.3 Å². The lowest BCUT2D eigenvalue weighted by Crippen LogP contribution is -2.47. The summed E-state index contributed by atoms with van der Waals surface area (Å²) in [6.45, 7) is 5.14. The van der Waals surface area contributed by atoms with Gasteiger partial charge in [-0.3, -0.25) is 0 Å². The maximum Gasteiger partial charge on any atom is 0.169 e. The Morgan fingerprint density at radius 2 is 2.23 bits per heavy atom. The quantitative estimate of drug-likeness (QED) is 0.827. The molecule has 120 valence electrons. The molecule has 0 heterocycles. The first-order valence-electron chi connectivity index (χ1n) is 8.44. The predicted octanol–water partition coefficient (Wildman–Crippen LogP) is 3.84. The van der Waals surface area contributed by atoms with Crippen LogP contribution in [0.3, 0.4) is 0 Å². The normalized spacial score (nSPS) is 27.6. The summed E-state index contributed by atoms with van der Waals surface area (Å²) in [5.41, 5.74) is 1.10. The lowest BCUT2D eigenvalue weighted by Gasteiger charge is -2.34. The second-order valence-corrected chi connectivity index (χ2v) is 7.17. The van der Waals surface area contributed by atoms with Crippen molar-refractivity contribution in [3.05, 3.63) is 29.8 Å². The molecule has 1 aromatic carbocycles. The highest BCUT2D eigenvalue weighted by atomic mass is 32.1. The van der Waals surface area contributed by atoms with Gasteiger partial charge in [0.05, 0.1) is 6.04 Å². The van der Waals surface area contributed by atoms with E-state index in [9.17, 15) is 5.11 Å². The molecule has 2 fully saturated rings. The van der Waals surface area contributed by atoms with Crippen LogP contribution >= 0.6 is 12.2 Å². The zero-order valence-electron chi connectivity index (χ0n) is 13.5. The number of hydrogen-bond acceptors (Lipinski definition) is 2. The molecule has 0 radical (unpaired) electrons. The van der Waals surface area contributed by atoms with Crippen LogP contribution in [0.1, 0.15) is 51.1 Å². The molecular formula is C18H26N2OS. The third-order valence-electron chi connectivity index (χ3n) is 5.47. The van der Waals surface area contributed by atoms with Crippen LogP contribution < -0.4 is 5.32 Å². The molecule has 3 rings (SSSR count). The zero-order valence-corrected chi connectivity index (χ0v) is 14.3. The van der Waals surface area contributed by atoms with Gasteiger partial charge in [-0.05, 0) is 74.9 Å². The summed E-state index contributed by atoms with van der Waals surface area (Å²) in [6.07, 6.45) is 5.43. The summed E-state index contributed by atoms with van der Waals surface area (Å²) in [5, 5.41) is 14.2. The van der Waals surface area contributed by atoms with Crippen molar-refractivity contribution < 1.29 is 5.11 Å². The van der Waals surface area contributed by atoms with E-state index in [1.807, 2.05) is 18.2 Å². The largest absolute Gasteiger partial charge is 0.508 e. The van der Waals surface area contributed by atoms with Gasteiger partial charge in [-0.1, -0.05) is 18.6 Å². The molecule has 4 heteroatoms. The Labute approximate surface area is 138 Å². The number of nitrogens with zero attached hydrogens (tertiary/aromatic N) is 1. The number of fused-ring (bicyclic) bond motifs is 2. The van der Waals surface area contributed by atoms with Crippen molar-refractivity contribution in [3.8, 4) is 5.75 Å². The number of rotatable bonds is 4. The van der Waals surface area contributed by atoms with Crippen molar-refractivity contribution in [1.29, 1.82) is 0 Å². The number of nitrogens with one attached hydrogen (secondary N) is 1. The zero-order chi connectivity index (χ0) is 15.7. The van der Waals surface area contributed by atoms with Crippen LogP contribution in [0.25, 0.3) is 0 Å². The van der Waals surface area contributed by atoms with Crippen molar-refractivity contribution in [2.75, 3.05) is 6.54 Å². The molecule has 2 bridgehead atoms. The van der Waals surface area contributed by atoms with Gasteiger partial charge in [-0.2, -0.15) is 0 Å². The van der Waals surface area contributed by atoms with Crippen LogP contribution in [0.4, 0.5) is 0 Å². The molecule has 2 aliphatic carbocycles. The van der Waals surface area contributed by atoms with Gasteiger partial charge in [0.15, 0.2) is 5.11 Å². The Kier molecular flexibility index (Phi) is 4.57. The number of thiocarbonyl (C=S) groups is 1. The molecule has 3 nitrogen and oxygen atoms in total. The van der Waals surface area contributed by atoms with Crippen LogP contribution in [-0.2, 0) is 0 Å². The molecule has 0 amide bonds. The first-order chi connectivity index (χ1) is 10.6. The molecule has 1 aromatic rings. The first kappa shape index (κ1) is 15.6. The highest BCUT2D eigenvalue weighted by Gasteiger charge is 2.40. The van der Waals surface area contributed by atoms with E-state index in [-0.39, 0.29) is 6.04 Å². The van der Waals surface area contributed by atoms with Crippen molar-refractivity contribution in [1.82, 2.24) is 10.2 Å². The maximum absolute atomic E-state index is 9.69. The molecule has 0 unspecified atom stereocenters. The Hall–Kier alpha value is -1.29. The van der Waals surface area contributed by atoms with E-state index in [4.69, 9.17) is 12.2 Å². The fourth-order valence-electron chi connectivity index (χ4n) is 4.22. The van der Waals surface area contributed by atoms with E-state index in [0.717, 1.165) is 29.1 Å². The topological polar surface area (TPSA) is 35.5 Å². The van der Waals surface area contributed by atoms with Gasteiger partial charge in [-0.15, -0.1) is 0 Å². The number of benzene rings is 1. The predicted molar refractivity (Wildman–Crippen MR) is 93.9 cm³/mol. The van der Waals surface area contributed by atoms with Crippen LogP contribution in [0, 0.1) is 11.8 Å².